The van der Waals surface area contributed by atoms with E-state index in [9.17, 15) is 19.2 Å². The van der Waals surface area contributed by atoms with Crippen molar-refractivity contribution in [2.24, 2.45) is 0 Å². The fourth-order valence-electron chi connectivity index (χ4n) is 3.80. The summed E-state index contributed by atoms with van der Waals surface area (Å²) >= 11 is 14.0. The topological polar surface area (TPSA) is 114 Å². The van der Waals surface area contributed by atoms with E-state index in [1.54, 1.807) is 51.1 Å². The lowest BCUT2D eigenvalue weighted by atomic mass is 10.2. The van der Waals surface area contributed by atoms with Gasteiger partial charge in [0.15, 0.2) is 0 Å². The van der Waals surface area contributed by atoms with E-state index in [0.717, 1.165) is 28.7 Å². The van der Waals surface area contributed by atoms with Crippen LogP contribution in [0.4, 0.5) is 9.59 Å². The second kappa shape index (κ2) is 14.2. The summed E-state index contributed by atoms with van der Waals surface area (Å²) in [4.78, 5) is 52.6. The highest BCUT2D eigenvalue weighted by atomic mass is 35.5. The van der Waals surface area contributed by atoms with Crippen molar-refractivity contribution in [3.8, 4) is 0 Å². The lowest BCUT2D eigenvalue weighted by molar-refractivity contribution is 0.0736. The number of thioether (sulfide) groups is 1. The molecule has 0 bridgehead atoms. The molecule has 1 aliphatic rings. The molecule has 2 atom stereocenters. The van der Waals surface area contributed by atoms with Gasteiger partial charge in [-0.3, -0.25) is 9.59 Å². The minimum atomic E-state index is -0.626. The molecule has 2 aromatic rings. The van der Waals surface area contributed by atoms with E-state index in [-0.39, 0.29) is 43.3 Å². The maximum absolute atomic E-state index is 12.9. The molecule has 3 rings (SSSR count). The molecule has 2 heterocycles. The van der Waals surface area contributed by atoms with E-state index in [4.69, 9.17) is 32.7 Å². The lowest BCUT2D eigenvalue weighted by Gasteiger charge is -2.23. The number of nitrogens with zero attached hydrogens (tertiary/aromatic N) is 1. The normalized spacial score (nSPS) is 16.8. The van der Waals surface area contributed by atoms with Crippen LogP contribution in [0.25, 0.3) is 0 Å². The van der Waals surface area contributed by atoms with Crippen molar-refractivity contribution in [1.29, 1.82) is 0 Å². The molecule has 0 spiro atoms. The third-order valence-corrected chi connectivity index (χ3v) is 8.35. The van der Waals surface area contributed by atoms with Crippen LogP contribution in [0, 0.1) is 0 Å². The molecule has 1 saturated heterocycles. The maximum atomic E-state index is 12.9. The van der Waals surface area contributed by atoms with Crippen molar-refractivity contribution in [3.63, 3.8) is 0 Å². The van der Waals surface area contributed by atoms with Crippen molar-refractivity contribution in [3.05, 3.63) is 68.3 Å². The Hall–Kier alpha value is -2.73. The summed E-state index contributed by atoms with van der Waals surface area (Å²) in [6.07, 6.45) is 1.37. The summed E-state index contributed by atoms with van der Waals surface area (Å²) in [7, 11) is 0. The van der Waals surface area contributed by atoms with Gasteiger partial charge in [0, 0.05) is 24.9 Å². The fraction of sp³-hybridized carbons (Fsp3) is 0.407. The van der Waals surface area contributed by atoms with Crippen LogP contribution in [0.5, 0.6) is 0 Å². The molecule has 1 aromatic heterocycles. The van der Waals surface area contributed by atoms with Gasteiger partial charge in [0.2, 0.25) is 0 Å². The van der Waals surface area contributed by atoms with Crippen LogP contribution in [0.1, 0.15) is 52.1 Å². The Morgan fingerprint density at radius 2 is 1.77 bits per heavy atom. The van der Waals surface area contributed by atoms with Crippen molar-refractivity contribution in [2.75, 3.05) is 19.7 Å². The van der Waals surface area contributed by atoms with Crippen LogP contribution >= 0.6 is 46.3 Å². The molecular weight excluding hydrogens is 597 g/mol. The Morgan fingerprint density at radius 3 is 2.40 bits per heavy atom. The number of rotatable bonds is 9. The summed E-state index contributed by atoms with van der Waals surface area (Å²) in [6, 6.07) is 7.84. The molecule has 9 nitrogen and oxygen atoms in total. The Labute approximate surface area is 251 Å². The number of amides is 3. The number of carbonyl (C=O) groups excluding carboxylic acids is 4. The first-order valence-corrected chi connectivity index (χ1v) is 14.9. The van der Waals surface area contributed by atoms with Crippen LogP contribution in [-0.4, -0.2) is 64.7 Å². The van der Waals surface area contributed by atoms with Crippen molar-refractivity contribution in [1.82, 2.24) is 15.5 Å². The van der Waals surface area contributed by atoms with Gasteiger partial charge < -0.3 is 25.0 Å². The van der Waals surface area contributed by atoms with E-state index >= 15 is 0 Å². The van der Waals surface area contributed by atoms with Gasteiger partial charge in [-0.1, -0.05) is 41.9 Å². The zero-order valence-corrected chi connectivity index (χ0v) is 25.5. The first-order valence-electron chi connectivity index (χ1n) is 12.4. The fourth-order valence-corrected chi connectivity index (χ4v) is 6.08. The Morgan fingerprint density at radius 1 is 1.10 bits per heavy atom. The van der Waals surface area contributed by atoms with Crippen LogP contribution in [0.3, 0.4) is 0 Å². The van der Waals surface area contributed by atoms with Gasteiger partial charge in [-0.05, 0) is 68.8 Å². The van der Waals surface area contributed by atoms with Crippen molar-refractivity contribution in [2.45, 2.75) is 50.6 Å². The van der Waals surface area contributed by atoms with Gasteiger partial charge in [0.05, 0.1) is 25.8 Å². The average molecular weight is 629 g/mol. The van der Waals surface area contributed by atoms with Crippen LogP contribution in [-0.2, 0) is 16.0 Å². The van der Waals surface area contributed by atoms with Gasteiger partial charge in [-0.15, -0.1) is 11.3 Å². The minimum Gasteiger partial charge on any atom is -0.452 e. The molecule has 13 heteroatoms. The van der Waals surface area contributed by atoms with Gasteiger partial charge in [-0.25, -0.2) is 9.59 Å². The smallest absolute Gasteiger partial charge is 0.410 e. The number of thiophene rings is 1. The van der Waals surface area contributed by atoms with Crippen LogP contribution in [0.2, 0.25) is 10.0 Å². The Balaban J connectivity index is 1.57. The number of hydrogen-bond donors (Lipinski definition) is 2. The predicted molar refractivity (Wildman–Crippen MR) is 159 cm³/mol. The number of ether oxygens (including phenoxy) is 2. The second-order valence-corrected chi connectivity index (χ2v) is 13.1. The van der Waals surface area contributed by atoms with Crippen molar-refractivity contribution < 1.29 is 28.7 Å². The molecule has 40 heavy (non-hydrogen) atoms. The van der Waals surface area contributed by atoms with E-state index < -0.39 is 23.0 Å². The highest BCUT2D eigenvalue weighted by Gasteiger charge is 2.38. The summed E-state index contributed by atoms with van der Waals surface area (Å²) in [5, 5.41) is 5.80. The lowest BCUT2D eigenvalue weighted by Crippen LogP contribution is -2.43. The average Bonchev–Trinajstić information content (AvgIpc) is 3.53. The summed E-state index contributed by atoms with van der Waals surface area (Å²) < 4.78 is 10.6. The summed E-state index contributed by atoms with van der Waals surface area (Å²) in [5.74, 6) is -0.708. The van der Waals surface area contributed by atoms with Gasteiger partial charge >= 0.3 is 11.4 Å². The van der Waals surface area contributed by atoms with E-state index in [1.165, 1.54) is 11.0 Å². The molecule has 1 aromatic carbocycles. The molecule has 0 aliphatic carbocycles. The summed E-state index contributed by atoms with van der Waals surface area (Å²) in [5.41, 5.74) is 0.159. The predicted octanol–water partition coefficient (Wildman–Crippen LogP) is 6.15. The Bertz CT molecular complexity index is 1260. The van der Waals surface area contributed by atoms with E-state index in [0.29, 0.717) is 26.2 Å². The van der Waals surface area contributed by atoms with Gasteiger partial charge in [0.1, 0.15) is 12.2 Å². The monoisotopic (exact) mass is 627 g/mol. The molecule has 0 radical (unpaired) electrons. The molecule has 0 saturated carbocycles. The number of likely N-dealkylation sites (tertiary alicyclic amines) is 1. The maximum Gasteiger partial charge on any atom is 0.410 e. The minimum absolute atomic E-state index is 0.0450. The third kappa shape index (κ3) is 9.43. The zero-order valence-electron chi connectivity index (χ0n) is 22.3. The van der Waals surface area contributed by atoms with Crippen molar-refractivity contribution >= 4 is 69.5 Å². The Kier molecular flexibility index (Phi) is 11.3. The number of halogens is 2. The zero-order chi connectivity index (χ0) is 29.4. The second-order valence-electron chi connectivity index (χ2n) is 9.92. The van der Waals surface area contributed by atoms with Crippen LogP contribution < -0.4 is 10.6 Å². The number of nitrogens with one attached hydrogen (secondary N) is 2. The number of hydrogen-bond acceptors (Lipinski definition) is 8. The SMILES string of the molecule is C=CCOC(=O)N1CC(SC(=O)OC(C)(C)C)CC1CNC(=O)c1ccc(C(=O)NCc2ccc(Cl)c(Cl)c2)s1. The number of benzene rings is 1. The highest BCUT2D eigenvalue weighted by Crippen LogP contribution is 2.30. The molecule has 3 amide bonds. The van der Waals surface area contributed by atoms with E-state index in [1.807, 2.05) is 0 Å². The van der Waals surface area contributed by atoms with Gasteiger partial charge in [-0.2, -0.15) is 0 Å². The molecule has 2 unspecified atom stereocenters. The first kappa shape index (κ1) is 31.8. The highest BCUT2D eigenvalue weighted by molar-refractivity contribution is 8.13. The van der Waals surface area contributed by atoms with Crippen LogP contribution in [0.15, 0.2) is 43.0 Å². The quantitative estimate of drug-likeness (QED) is 0.253. The first-order chi connectivity index (χ1) is 18.9. The largest absolute Gasteiger partial charge is 0.452 e. The standard InChI is InChI=1S/C27H31Cl2N3O6S2/c1-5-10-37-25(35)32-15-18(39-26(36)38-27(2,3)4)12-17(32)14-31-24(34)22-9-8-21(40-22)23(33)30-13-16-6-7-19(28)20(29)11-16/h5-9,11,17-18H,1,10,12-15H2,2-4H3,(H,30,33)(H,31,34). The molecule has 216 valence electrons. The third-order valence-electron chi connectivity index (χ3n) is 5.58. The molecule has 2 N–H and O–H groups in total. The van der Waals surface area contributed by atoms with Gasteiger partial charge in [0.25, 0.3) is 11.8 Å². The molecular formula is C27H31Cl2N3O6S2. The van der Waals surface area contributed by atoms with E-state index in [2.05, 4.69) is 17.2 Å². The number of carbonyl (C=O) groups is 4. The molecule has 1 fully saturated rings. The summed E-state index contributed by atoms with van der Waals surface area (Å²) in [6.45, 7) is 9.61. The molecule has 1 aliphatic heterocycles.